The van der Waals surface area contributed by atoms with Gasteiger partial charge in [-0.3, -0.25) is 5.32 Å². The zero-order valence-corrected chi connectivity index (χ0v) is 15.4. The highest BCUT2D eigenvalue weighted by atomic mass is 16.7. The maximum atomic E-state index is 12.2. The van der Waals surface area contributed by atoms with Crippen molar-refractivity contribution in [3.05, 3.63) is 17.8 Å². The van der Waals surface area contributed by atoms with Crippen molar-refractivity contribution in [2.75, 3.05) is 19.0 Å². The van der Waals surface area contributed by atoms with Crippen LogP contribution in [0.25, 0.3) is 0 Å². The van der Waals surface area contributed by atoms with Gasteiger partial charge in [-0.05, 0) is 40.7 Å². The number of carbonyl (C=O) groups excluding carboxylic acids is 2. The SMILES string of the molecule is CCNC(=O)Nc1cc(C(=O)OC)c(B2OC(C)(C)C(C)(C)O2)cn1. The Morgan fingerprint density at radius 3 is 2.36 bits per heavy atom. The molecule has 0 radical (unpaired) electrons. The first kappa shape index (κ1) is 19.2. The zero-order chi connectivity index (χ0) is 18.8. The number of carbonyl (C=O) groups is 2. The Morgan fingerprint density at radius 1 is 1.24 bits per heavy atom. The Kier molecular flexibility index (Phi) is 5.38. The molecular formula is C16H24BN3O5. The van der Waals surface area contributed by atoms with Gasteiger partial charge in [-0.25, -0.2) is 14.6 Å². The summed E-state index contributed by atoms with van der Waals surface area (Å²) in [5.74, 6) is -0.335. The zero-order valence-electron chi connectivity index (χ0n) is 15.4. The smallest absolute Gasteiger partial charge is 0.465 e. The molecule has 0 aromatic carbocycles. The quantitative estimate of drug-likeness (QED) is 0.628. The van der Waals surface area contributed by atoms with Crippen LogP contribution in [0.1, 0.15) is 45.0 Å². The van der Waals surface area contributed by atoms with E-state index in [2.05, 4.69) is 15.6 Å². The third kappa shape index (κ3) is 3.93. The van der Waals surface area contributed by atoms with Crippen LogP contribution < -0.4 is 16.1 Å². The number of methoxy groups -OCH3 is 1. The number of esters is 1. The number of nitrogens with one attached hydrogen (secondary N) is 2. The van der Waals surface area contributed by atoms with Crippen molar-refractivity contribution in [2.45, 2.75) is 45.8 Å². The van der Waals surface area contributed by atoms with Gasteiger partial charge in [-0.1, -0.05) is 0 Å². The highest BCUT2D eigenvalue weighted by Gasteiger charge is 2.52. The first-order valence-electron chi connectivity index (χ1n) is 8.10. The molecule has 0 aliphatic carbocycles. The number of amides is 2. The van der Waals surface area contributed by atoms with Gasteiger partial charge in [-0.2, -0.15) is 0 Å². The summed E-state index contributed by atoms with van der Waals surface area (Å²) < 4.78 is 16.8. The molecule has 25 heavy (non-hydrogen) atoms. The van der Waals surface area contributed by atoms with Crippen LogP contribution >= 0.6 is 0 Å². The normalized spacial score (nSPS) is 17.9. The lowest BCUT2D eigenvalue weighted by Crippen LogP contribution is -2.41. The molecule has 0 saturated carbocycles. The van der Waals surface area contributed by atoms with Crippen molar-refractivity contribution in [3.8, 4) is 0 Å². The van der Waals surface area contributed by atoms with Crippen LogP contribution in [0.4, 0.5) is 10.6 Å². The van der Waals surface area contributed by atoms with Crippen molar-refractivity contribution in [1.82, 2.24) is 10.3 Å². The molecule has 0 unspecified atom stereocenters. The van der Waals surface area contributed by atoms with Gasteiger partial charge in [0.25, 0.3) is 0 Å². The Morgan fingerprint density at radius 2 is 1.84 bits per heavy atom. The number of aromatic nitrogens is 1. The molecule has 9 heteroatoms. The lowest BCUT2D eigenvalue weighted by Gasteiger charge is -2.32. The Bertz CT molecular complexity index is 662. The largest absolute Gasteiger partial charge is 0.497 e. The Labute approximate surface area is 147 Å². The topological polar surface area (TPSA) is 98.8 Å². The number of hydrogen-bond acceptors (Lipinski definition) is 6. The van der Waals surface area contributed by atoms with Crippen LogP contribution in [0.5, 0.6) is 0 Å². The van der Waals surface area contributed by atoms with E-state index in [9.17, 15) is 9.59 Å². The average molecular weight is 349 g/mol. The van der Waals surface area contributed by atoms with Gasteiger partial charge in [-0.15, -0.1) is 0 Å². The third-order valence-corrected chi connectivity index (χ3v) is 4.43. The fourth-order valence-corrected chi connectivity index (χ4v) is 2.30. The predicted molar refractivity (Wildman–Crippen MR) is 94.0 cm³/mol. The van der Waals surface area contributed by atoms with E-state index in [0.717, 1.165) is 0 Å². The second-order valence-corrected chi connectivity index (χ2v) is 6.72. The van der Waals surface area contributed by atoms with Crippen LogP contribution in [0.2, 0.25) is 0 Å². The second kappa shape index (κ2) is 7.01. The Hall–Kier alpha value is -2.13. The van der Waals surface area contributed by atoms with E-state index in [0.29, 0.717) is 12.0 Å². The molecule has 1 aliphatic heterocycles. The fourth-order valence-electron chi connectivity index (χ4n) is 2.30. The summed E-state index contributed by atoms with van der Waals surface area (Å²) in [5.41, 5.74) is -0.429. The number of pyridine rings is 1. The van der Waals surface area contributed by atoms with Crippen LogP contribution in [-0.2, 0) is 14.0 Å². The van der Waals surface area contributed by atoms with Crippen molar-refractivity contribution >= 4 is 30.4 Å². The second-order valence-electron chi connectivity index (χ2n) is 6.72. The molecule has 2 rings (SSSR count). The maximum absolute atomic E-state index is 12.2. The van der Waals surface area contributed by atoms with E-state index >= 15 is 0 Å². The summed E-state index contributed by atoms with van der Waals surface area (Å²) in [6.07, 6.45) is 1.45. The molecule has 0 bridgehead atoms. The number of anilines is 1. The van der Waals surface area contributed by atoms with E-state index in [1.807, 2.05) is 27.7 Å². The minimum Gasteiger partial charge on any atom is -0.465 e. The van der Waals surface area contributed by atoms with Crippen LogP contribution in [0.3, 0.4) is 0 Å². The van der Waals surface area contributed by atoms with Gasteiger partial charge in [0.15, 0.2) is 0 Å². The standard InChI is InChI=1S/C16H24BN3O5/c1-7-18-14(22)20-12-8-10(13(21)23-6)11(9-19-12)17-24-15(2,3)16(4,5)25-17/h8-9H,7H2,1-6H3,(H2,18,19,20,22). The lowest BCUT2D eigenvalue weighted by molar-refractivity contribution is 0.00578. The molecule has 1 aliphatic rings. The van der Waals surface area contributed by atoms with Gasteiger partial charge in [0.2, 0.25) is 0 Å². The molecule has 0 spiro atoms. The summed E-state index contributed by atoms with van der Waals surface area (Å²) in [4.78, 5) is 28.0. The number of urea groups is 1. The van der Waals surface area contributed by atoms with E-state index < -0.39 is 30.3 Å². The van der Waals surface area contributed by atoms with Crippen molar-refractivity contribution in [3.63, 3.8) is 0 Å². The average Bonchev–Trinajstić information content (AvgIpc) is 2.74. The maximum Gasteiger partial charge on any atom is 0.497 e. The van der Waals surface area contributed by atoms with Gasteiger partial charge in [0, 0.05) is 18.2 Å². The highest BCUT2D eigenvalue weighted by molar-refractivity contribution is 6.63. The Balaban J connectivity index is 2.35. The molecule has 136 valence electrons. The van der Waals surface area contributed by atoms with Crippen molar-refractivity contribution in [2.24, 2.45) is 0 Å². The molecule has 8 nitrogen and oxygen atoms in total. The van der Waals surface area contributed by atoms with Gasteiger partial charge >= 0.3 is 19.1 Å². The molecule has 2 amide bonds. The molecule has 1 aromatic heterocycles. The molecule has 1 saturated heterocycles. The van der Waals surface area contributed by atoms with Gasteiger partial charge in [0.1, 0.15) is 5.82 Å². The highest BCUT2D eigenvalue weighted by Crippen LogP contribution is 2.36. The first-order chi connectivity index (χ1) is 11.6. The van der Waals surface area contributed by atoms with Crippen LogP contribution in [-0.4, -0.2) is 49.0 Å². The number of rotatable bonds is 4. The van der Waals surface area contributed by atoms with Crippen LogP contribution in [0, 0.1) is 0 Å². The number of ether oxygens (including phenoxy) is 1. The number of nitrogens with zero attached hydrogens (tertiary/aromatic N) is 1. The van der Waals surface area contributed by atoms with E-state index in [-0.39, 0.29) is 11.4 Å². The summed E-state index contributed by atoms with van der Waals surface area (Å²) >= 11 is 0. The third-order valence-electron chi connectivity index (χ3n) is 4.43. The summed E-state index contributed by atoms with van der Waals surface area (Å²) in [5, 5.41) is 5.15. The summed E-state index contributed by atoms with van der Waals surface area (Å²) in [6.45, 7) is 9.95. The van der Waals surface area contributed by atoms with Crippen LogP contribution in [0.15, 0.2) is 12.3 Å². The van der Waals surface area contributed by atoms with Crippen molar-refractivity contribution in [1.29, 1.82) is 0 Å². The monoisotopic (exact) mass is 349 g/mol. The summed E-state index contributed by atoms with van der Waals surface area (Å²) in [6, 6.07) is 1.04. The summed E-state index contributed by atoms with van der Waals surface area (Å²) in [7, 11) is 0.526. The molecule has 2 N–H and O–H groups in total. The molecule has 1 fully saturated rings. The fraction of sp³-hybridized carbons (Fsp3) is 0.562. The van der Waals surface area contributed by atoms with Gasteiger partial charge in [0.05, 0.1) is 23.9 Å². The number of hydrogen-bond donors (Lipinski definition) is 2. The van der Waals surface area contributed by atoms with E-state index in [1.54, 1.807) is 6.92 Å². The minimum atomic E-state index is -0.759. The molecule has 2 heterocycles. The first-order valence-corrected chi connectivity index (χ1v) is 8.10. The van der Waals surface area contributed by atoms with Crippen molar-refractivity contribution < 1.29 is 23.6 Å². The van der Waals surface area contributed by atoms with E-state index in [1.165, 1.54) is 19.4 Å². The molecular weight excluding hydrogens is 325 g/mol. The van der Waals surface area contributed by atoms with Gasteiger partial charge < -0.3 is 19.4 Å². The minimum absolute atomic E-state index is 0.225. The predicted octanol–water partition coefficient (Wildman–Crippen LogP) is 1.31. The molecule has 1 aromatic rings. The molecule has 0 atom stereocenters. The lowest BCUT2D eigenvalue weighted by atomic mass is 9.77. The van der Waals surface area contributed by atoms with E-state index in [4.69, 9.17) is 14.0 Å².